The maximum absolute atomic E-state index is 12.4. The van der Waals surface area contributed by atoms with Crippen LogP contribution >= 0.6 is 11.6 Å². The number of hydrogen-bond donors (Lipinski definition) is 1. The van der Waals surface area contributed by atoms with Gasteiger partial charge in [0.15, 0.2) is 5.82 Å². The summed E-state index contributed by atoms with van der Waals surface area (Å²) in [6.07, 6.45) is 0.601. The van der Waals surface area contributed by atoms with Gasteiger partial charge in [0.2, 0.25) is 0 Å². The van der Waals surface area contributed by atoms with Crippen LogP contribution in [0.2, 0.25) is 5.02 Å². The first-order chi connectivity index (χ1) is 11.5. The molecule has 0 aliphatic heterocycles. The first kappa shape index (κ1) is 18.2. The van der Waals surface area contributed by atoms with E-state index in [1.807, 2.05) is 32.9 Å². The van der Waals surface area contributed by atoms with Crippen LogP contribution in [-0.4, -0.2) is 28.6 Å². The third-order valence-corrected chi connectivity index (χ3v) is 3.58. The Kier molecular flexibility index (Phi) is 6.15. The highest BCUT2D eigenvalue weighted by Gasteiger charge is 2.22. The molecule has 0 radical (unpaired) electrons. The second kappa shape index (κ2) is 8.11. The second-order valence-electron chi connectivity index (χ2n) is 5.60. The number of anilines is 1. The Balaban J connectivity index is 2.59. The Morgan fingerprint density at radius 1 is 1.21 bits per heavy atom. The summed E-state index contributed by atoms with van der Waals surface area (Å²) in [5.41, 5.74) is 1.92. The molecule has 1 heterocycles. The van der Waals surface area contributed by atoms with Crippen molar-refractivity contribution in [3.8, 4) is 11.4 Å². The molecule has 0 saturated carbocycles. The minimum atomic E-state index is -0.403. The highest BCUT2D eigenvalue weighted by atomic mass is 35.5. The number of carbonyl (C=O) groups is 1. The first-order valence-electron chi connectivity index (χ1n) is 8.06. The van der Waals surface area contributed by atoms with Crippen LogP contribution in [0, 0.1) is 0 Å². The van der Waals surface area contributed by atoms with Crippen LogP contribution in [0.1, 0.15) is 43.7 Å². The molecule has 0 unspecified atom stereocenters. The summed E-state index contributed by atoms with van der Waals surface area (Å²) in [6.45, 7) is 8.02. The monoisotopic (exact) mass is 347 g/mol. The van der Waals surface area contributed by atoms with Gasteiger partial charge in [0.1, 0.15) is 11.4 Å². The molecule has 5 nitrogen and oxygen atoms in total. The summed E-state index contributed by atoms with van der Waals surface area (Å²) in [6, 6.07) is 7.43. The summed E-state index contributed by atoms with van der Waals surface area (Å²) < 4.78 is 5.18. The van der Waals surface area contributed by atoms with Crippen LogP contribution in [0.3, 0.4) is 0 Å². The zero-order valence-corrected chi connectivity index (χ0v) is 15.1. The third-order valence-electron chi connectivity index (χ3n) is 3.33. The van der Waals surface area contributed by atoms with E-state index in [1.165, 1.54) is 0 Å². The highest BCUT2D eigenvalue weighted by molar-refractivity contribution is 6.30. The molecular formula is C18H22ClN3O2. The van der Waals surface area contributed by atoms with Gasteiger partial charge >= 0.3 is 5.97 Å². The number of rotatable bonds is 6. The summed E-state index contributed by atoms with van der Waals surface area (Å²) in [5.74, 6) is 0.653. The molecule has 0 spiro atoms. The smallest absolute Gasteiger partial charge is 0.343 e. The lowest BCUT2D eigenvalue weighted by Crippen LogP contribution is -2.19. The number of aromatic nitrogens is 2. The van der Waals surface area contributed by atoms with E-state index in [9.17, 15) is 4.79 Å². The molecule has 24 heavy (non-hydrogen) atoms. The molecule has 0 atom stereocenters. The lowest BCUT2D eigenvalue weighted by Gasteiger charge is -2.17. The largest absolute Gasteiger partial charge is 0.462 e. The van der Waals surface area contributed by atoms with Crippen molar-refractivity contribution in [2.24, 2.45) is 0 Å². The van der Waals surface area contributed by atoms with Gasteiger partial charge in [-0.3, -0.25) is 0 Å². The summed E-state index contributed by atoms with van der Waals surface area (Å²) in [7, 11) is 0. The maximum Gasteiger partial charge on any atom is 0.343 e. The average molecular weight is 348 g/mol. The Labute approximate surface area is 147 Å². The van der Waals surface area contributed by atoms with Crippen LogP contribution in [0.4, 0.5) is 5.82 Å². The molecule has 0 aliphatic carbocycles. The minimum Gasteiger partial charge on any atom is -0.462 e. The van der Waals surface area contributed by atoms with Crippen molar-refractivity contribution in [1.82, 2.24) is 9.97 Å². The number of esters is 1. The van der Waals surface area contributed by atoms with Crippen molar-refractivity contribution in [2.45, 2.75) is 40.2 Å². The van der Waals surface area contributed by atoms with E-state index in [-0.39, 0.29) is 6.04 Å². The Morgan fingerprint density at radius 2 is 1.88 bits per heavy atom. The van der Waals surface area contributed by atoms with Crippen LogP contribution in [-0.2, 0) is 11.2 Å². The lowest BCUT2D eigenvalue weighted by molar-refractivity contribution is 0.0525. The third kappa shape index (κ3) is 4.23. The molecule has 0 aliphatic rings. The lowest BCUT2D eigenvalue weighted by atomic mass is 10.1. The molecule has 2 rings (SSSR count). The number of aryl methyl sites for hydroxylation is 1. The predicted octanol–water partition coefficient (Wildman–Crippen LogP) is 4.36. The Morgan fingerprint density at radius 3 is 2.42 bits per heavy atom. The van der Waals surface area contributed by atoms with E-state index in [4.69, 9.17) is 16.3 Å². The zero-order valence-electron chi connectivity index (χ0n) is 14.4. The zero-order chi connectivity index (χ0) is 17.7. The molecule has 0 saturated heterocycles. The van der Waals surface area contributed by atoms with Crippen molar-refractivity contribution in [2.75, 3.05) is 11.9 Å². The topological polar surface area (TPSA) is 64.1 Å². The maximum atomic E-state index is 12.4. The van der Waals surface area contributed by atoms with Crippen molar-refractivity contribution in [1.29, 1.82) is 0 Å². The molecule has 6 heteroatoms. The molecule has 1 aromatic carbocycles. The van der Waals surface area contributed by atoms with Gasteiger partial charge < -0.3 is 10.1 Å². The van der Waals surface area contributed by atoms with E-state index < -0.39 is 5.97 Å². The van der Waals surface area contributed by atoms with Gasteiger partial charge in [-0.15, -0.1) is 0 Å². The Bertz CT molecular complexity index is 715. The van der Waals surface area contributed by atoms with Gasteiger partial charge in [-0.05, 0) is 51.5 Å². The quantitative estimate of drug-likeness (QED) is 0.787. The fourth-order valence-electron chi connectivity index (χ4n) is 2.29. The summed E-state index contributed by atoms with van der Waals surface area (Å²) >= 11 is 5.94. The number of benzene rings is 1. The molecule has 128 valence electrons. The fraction of sp³-hybridized carbons (Fsp3) is 0.389. The molecule has 0 amide bonds. The number of carbonyl (C=O) groups excluding carboxylic acids is 1. The van der Waals surface area contributed by atoms with E-state index in [1.54, 1.807) is 19.1 Å². The standard InChI is InChI=1S/C18H22ClN3O2/c1-5-14-15(18(23)24-6-2)17(20-11(3)4)22-16(21-14)12-7-9-13(19)10-8-12/h7-11H,5-6H2,1-4H3,(H,20,21,22). The molecule has 0 bridgehead atoms. The predicted molar refractivity (Wildman–Crippen MR) is 96.6 cm³/mol. The van der Waals surface area contributed by atoms with E-state index >= 15 is 0 Å². The average Bonchev–Trinajstić information content (AvgIpc) is 2.54. The van der Waals surface area contributed by atoms with Gasteiger partial charge in [0.25, 0.3) is 0 Å². The number of hydrogen-bond acceptors (Lipinski definition) is 5. The van der Waals surface area contributed by atoms with Crippen LogP contribution < -0.4 is 5.32 Å². The van der Waals surface area contributed by atoms with E-state index in [2.05, 4.69) is 15.3 Å². The molecule has 1 N–H and O–H groups in total. The molecule has 2 aromatic rings. The Hall–Kier alpha value is -2.14. The minimum absolute atomic E-state index is 0.121. The SMILES string of the molecule is CCOC(=O)c1c(CC)nc(-c2ccc(Cl)cc2)nc1NC(C)C. The van der Waals surface area contributed by atoms with Crippen molar-refractivity contribution in [3.63, 3.8) is 0 Å². The van der Waals surface area contributed by atoms with E-state index in [0.717, 1.165) is 5.56 Å². The van der Waals surface area contributed by atoms with Gasteiger partial charge in [-0.1, -0.05) is 18.5 Å². The molecule has 1 aromatic heterocycles. The molecular weight excluding hydrogens is 326 g/mol. The first-order valence-corrected chi connectivity index (χ1v) is 8.44. The number of ether oxygens (including phenoxy) is 1. The highest BCUT2D eigenvalue weighted by Crippen LogP contribution is 2.25. The summed E-state index contributed by atoms with van der Waals surface area (Å²) in [5, 5.41) is 3.88. The number of nitrogens with one attached hydrogen (secondary N) is 1. The van der Waals surface area contributed by atoms with Gasteiger partial charge in [-0.25, -0.2) is 14.8 Å². The molecule has 0 fully saturated rings. The summed E-state index contributed by atoms with van der Waals surface area (Å²) in [4.78, 5) is 21.5. The second-order valence-corrected chi connectivity index (χ2v) is 6.03. The van der Waals surface area contributed by atoms with Gasteiger partial charge in [-0.2, -0.15) is 0 Å². The van der Waals surface area contributed by atoms with Crippen molar-refractivity contribution < 1.29 is 9.53 Å². The number of halogens is 1. The fourth-order valence-corrected chi connectivity index (χ4v) is 2.41. The normalized spacial score (nSPS) is 10.8. The van der Waals surface area contributed by atoms with Crippen LogP contribution in [0.5, 0.6) is 0 Å². The van der Waals surface area contributed by atoms with Crippen molar-refractivity contribution >= 4 is 23.4 Å². The van der Waals surface area contributed by atoms with Crippen LogP contribution in [0.15, 0.2) is 24.3 Å². The van der Waals surface area contributed by atoms with Gasteiger partial charge in [0, 0.05) is 16.6 Å². The van der Waals surface area contributed by atoms with Gasteiger partial charge in [0.05, 0.1) is 12.3 Å². The van der Waals surface area contributed by atoms with E-state index in [0.29, 0.717) is 40.9 Å². The van der Waals surface area contributed by atoms with Crippen LogP contribution in [0.25, 0.3) is 11.4 Å². The number of nitrogens with zero attached hydrogens (tertiary/aromatic N) is 2. The van der Waals surface area contributed by atoms with Crippen molar-refractivity contribution in [3.05, 3.63) is 40.5 Å².